The lowest BCUT2D eigenvalue weighted by molar-refractivity contribution is -0.127. The number of ether oxygens (including phenoxy) is 1. The molecule has 0 spiro atoms. The number of ketones is 1. The van der Waals surface area contributed by atoms with Gasteiger partial charge in [0.15, 0.2) is 5.78 Å². The zero-order valence-corrected chi connectivity index (χ0v) is 7.65. The van der Waals surface area contributed by atoms with Gasteiger partial charge in [0.25, 0.3) is 0 Å². The van der Waals surface area contributed by atoms with Crippen LogP contribution >= 0.6 is 0 Å². The fraction of sp³-hybridized carbons (Fsp3) is 0.300. The summed E-state index contributed by atoms with van der Waals surface area (Å²) in [6.07, 6.45) is -0.666. The molecule has 1 rings (SSSR count). The molecule has 0 bridgehead atoms. The van der Waals surface area contributed by atoms with E-state index in [9.17, 15) is 9.90 Å². The minimum Gasteiger partial charge on any atom is -0.508 e. The molecule has 0 radical (unpaired) electrons. The van der Waals surface area contributed by atoms with Crippen LogP contribution in [0.3, 0.4) is 0 Å². The predicted octanol–water partition coefficient (Wildman–Crippen LogP) is 1.67. The average molecular weight is 180 g/mol. The summed E-state index contributed by atoms with van der Waals surface area (Å²) in [7, 11) is 1.44. The maximum atomic E-state index is 11.1. The van der Waals surface area contributed by atoms with Gasteiger partial charge in [0.1, 0.15) is 11.9 Å². The molecule has 0 heterocycles. The molecular formula is C10H12O3. The Labute approximate surface area is 77.0 Å². The number of hydrogen-bond acceptors (Lipinski definition) is 3. The smallest absolute Gasteiger partial charge is 0.163 e. The Morgan fingerprint density at radius 3 is 2.54 bits per heavy atom. The van der Waals surface area contributed by atoms with E-state index in [2.05, 4.69) is 0 Å². The molecule has 0 aliphatic heterocycles. The standard InChI is InChI=1S/C10H12O3/c1-7(11)10(13-2)8-5-3-4-6-9(8)12/h3-6,10,12H,1-2H3. The van der Waals surface area contributed by atoms with Crippen molar-refractivity contribution in [3.63, 3.8) is 0 Å². The van der Waals surface area contributed by atoms with Crippen LogP contribution in [0, 0.1) is 0 Å². The number of hydrogen-bond donors (Lipinski definition) is 1. The first-order valence-corrected chi connectivity index (χ1v) is 3.98. The number of benzene rings is 1. The maximum absolute atomic E-state index is 11.1. The number of para-hydroxylation sites is 1. The van der Waals surface area contributed by atoms with Crippen LogP contribution in [0.5, 0.6) is 5.75 Å². The molecule has 1 N–H and O–H groups in total. The van der Waals surface area contributed by atoms with E-state index in [0.717, 1.165) is 0 Å². The normalized spacial score (nSPS) is 12.5. The molecule has 13 heavy (non-hydrogen) atoms. The zero-order valence-electron chi connectivity index (χ0n) is 7.65. The molecule has 1 atom stereocenters. The molecular weight excluding hydrogens is 168 g/mol. The summed E-state index contributed by atoms with van der Waals surface area (Å²) in [6, 6.07) is 6.66. The van der Waals surface area contributed by atoms with Gasteiger partial charge in [-0.15, -0.1) is 0 Å². The second-order valence-electron chi connectivity index (χ2n) is 2.79. The Bertz CT molecular complexity index is 307. The summed E-state index contributed by atoms with van der Waals surface area (Å²) in [5.74, 6) is -0.0337. The van der Waals surface area contributed by atoms with Gasteiger partial charge in [-0.25, -0.2) is 0 Å². The molecule has 1 unspecified atom stereocenters. The van der Waals surface area contributed by atoms with Crippen molar-refractivity contribution >= 4 is 5.78 Å². The number of carbonyl (C=O) groups excluding carboxylic acids is 1. The molecule has 0 saturated heterocycles. The van der Waals surface area contributed by atoms with Gasteiger partial charge in [0.2, 0.25) is 0 Å². The van der Waals surface area contributed by atoms with Crippen molar-refractivity contribution in [2.45, 2.75) is 13.0 Å². The first-order valence-electron chi connectivity index (χ1n) is 3.98. The van der Waals surface area contributed by atoms with Crippen LogP contribution in [0.15, 0.2) is 24.3 Å². The summed E-state index contributed by atoms with van der Waals surface area (Å²) in [5.41, 5.74) is 0.512. The van der Waals surface area contributed by atoms with Gasteiger partial charge in [-0.05, 0) is 13.0 Å². The molecule has 0 aliphatic carbocycles. The van der Waals surface area contributed by atoms with E-state index in [1.54, 1.807) is 18.2 Å². The summed E-state index contributed by atoms with van der Waals surface area (Å²) in [4.78, 5) is 11.1. The Balaban J connectivity index is 3.04. The van der Waals surface area contributed by atoms with E-state index < -0.39 is 6.10 Å². The van der Waals surface area contributed by atoms with Gasteiger partial charge in [0.05, 0.1) is 0 Å². The van der Waals surface area contributed by atoms with Crippen LogP contribution in [0.1, 0.15) is 18.6 Å². The number of rotatable bonds is 3. The molecule has 0 aliphatic rings. The molecule has 3 heteroatoms. The van der Waals surface area contributed by atoms with Crippen LogP contribution in [0.25, 0.3) is 0 Å². The number of carbonyl (C=O) groups is 1. The average Bonchev–Trinajstić information content (AvgIpc) is 2.09. The summed E-state index contributed by atoms with van der Waals surface area (Å²) >= 11 is 0. The summed E-state index contributed by atoms with van der Waals surface area (Å²) < 4.78 is 4.97. The largest absolute Gasteiger partial charge is 0.508 e. The third kappa shape index (κ3) is 2.06. The molecule has 0 aromatic heterocycles. The van der Waals surface area contributed by atoms with Gasteiger partial charge < -0.3 is 9.84 Å². The van der Waals surface area contributed by atoms with E-state index in [-0.39, 0.29) is 11.5 Å². The summed E-state index contributed by atoms with van der Waals surface area (Å²) in [5, 5.41) is 9.43. The minimum atomic E-state index is -0.666. The van der Waals surface area contributed by atoms with Gasteiger partial charge in [-0.3, -0.25) is 4.79 Å². The predicted molar refractivity (Wildman–Crippen MR) is 48.5 cm³/mol. The van der Waals surface area contributed by atoms with Crippen LogP contribution < -0.4 is 0 Å². The van der Waals surface area contributed by atoms with Gasteiger partial charge in [0, 0.05) is 12.7 Å². The van der Waals surface area contributed by atoms with Crippen LogP contribution in [0.4, 0.5) is 0 Å². The molecule has 1 aromatic carbocycles. The number of phenols is 1. The van der Waals surface area contributed by atoms with E-state index >= 15 is 0 Å². The molecule has 70 valence electrons. The number of Topliss-reactive ketones (excluding diaryl/α,β-unsaturated/α-hetero) is 1. The Hall–Kier alpha value is -1.35. The highest BCUT2D eigenvalue weighted by molar-refractivity contribution is 5.82. The number of methoxy groups -OCH3 is 1. The molecule has 0 amide bonds. The lowest BCUT2D eigenvalue weighted by Crippen LogP contribution is -2.10. The molecule has 1 aromatic rings. The minimum absolute atomic E-state index is 0.0875. The highest BCUT2D eigenvalue weighted by atomic mass is 16.5. The van der Waals surface area contributed by atoms with Crippen molar-refractivity contribution < 1.29 is 14.6 Å². The van der Waals surface area contributed by atoms with E-state index in [0.29, 0.717) is 5.56 Å². The highest BCUT2D eigenvalue weighted by Gasteiger charge is 2.18. The second kappa shape index (κ2) is 4.05. The van der Waals surface area contributed by atoms with Crippen molar-refractivity contribution in [1.29, 1.82) is 0 Å². The highest BCUT2D eigenvalue weighted by Crippen LogP contribution is 2.26. The summed E-state index contributed by atoms with van der Waals surface area (Å²) in [6.45, 7) is 1.43. The number of phenolic OH excluding ortho intramolecular Hbond substituents is 1. The third-order valence-electron chi connectivity index (χ3n) is 1.82. The number of aromatic hydroxyl groups is 1. The Kier molecular flexibility index (Phi) is 3.03. The van der Waals surface area contributed by atoms with E-state index in [4.69, 9.17) is 4.74 Å². The third-order valence-corrected chi connectivity index (χ3v) is 1.82. The van der Waals surface area contributed by atoms with Crippen molar-refractivity contribution in [3.8, 4) is 5.75 Å². The van der Waals surface area contributed by atoms with Crippen molar-refractivity contribution in [3.05, 3.63) is 29.8 Å². The first-order chi connectivity index (χ1) is 6.16. The Morgan fingerprint density at radius 2 is 2.08 bits per heavy atom. The van der Waals surface area contributed by atoms with Crippen LogP contribution in [0.2, 0.25) is 0 Å². The van der Waals surface area contributed by atoms with E-state index in [1.807, 2.05) is 0 Å². The van der Waals surface area contributed by atoms with Crippen molar-refractivity contribution in [2.24, 2.45) is 0 Å². The van der Waals surface area contributed by atoms with Gasteiger partial charge >= 0.3 is 0 Å². The van der Waals surface area contributed by atoms with E-state index in [1.165, 1.54) is 20.1 Å². The fourth-order valence-electron chi connectivity index (χ4n) is 1.22. The molecule has 3 nitrogen and oxygen atoms in total. The maximum Gasteiger partial charge on any atom is 0.163 e. The first kappa shape index (κ1) is 9.74. The molecule has 0 fully saturated rings. The lowest BCUT2D eigenvalue weighted by atomic mass is 10.1. The van der Waals surface area contributed by atoms with Gasteiger partial charge in [-0.1, -0.05) is 18.2 Å². The topological polar surface area (TPSA) is 46.5 Å². The Morgan fingerprint density at radius 1 is 1.46 bits per heavy atom. The fourth-order valence-corrected chi connectivity index (χ4v) is 1.22. The van der Waals surface area contributed by atoms with Crippen LogP contribution in [-0.4, -0.2) is 18.0 Å². The monoisotopic (exact) mass is 180 g/mol. The van der Waals surface area contributed by atoms with Crippen molar-refractivity contribution in [2.75, 3.05) is 7.11 Å². The van der Waals surface area contributed by atoms with Gasteiger partial charge in [-0.2, -0.15) is 0 Å². The lowest BCUT2D eigenvalue weighted by Gasteiger charge is -2.13. The SMILES string of the molecule is COC(C(C)=O)c1ccccc1O. The van der Waals surface area contributed by atoms with Crippen molar-refractivity contribution in [1.82, 2.24) is 0 Å². The molecule has 0 saturated carbocycles. The quantitative estimate of drug-likeness (QED) is 0.769. The second-order valence-corrected chi connectivity index (χ2v) is 2.79. The zero-order chi connectivity index (χ0) is 9.84. The van der Waals surface area contributed by atoms with Crippen LogP contribution in [-0.2, 0) is 9.53 Å².